The van der Waals surface area contributed by atoms with Crippen molar-refractivity contribution >= 4 is 22.9 Å². The number of methoxy groups -OCH3 is 1. The summed E-state index contributed by atoms with van der Waals surface area (Å²) in [5.41, 5.74) is 0.632. The number of rotatable bonds is 2. The number of thiophene rings is 1. The highest BCUT2D eigenvalue weighted by Crippen LogP contribution is 2.20. The molecule has 0 aliphatic heterocycles. The smallest absolute Gasteiger partial charge is 0.338 e. The lowest BCUT2D eigenvalue weighted by atomic mass is 10.2. The molecule has 1 aromatic rings. The Bertz CT molecular complexity index is 285. The van der Waals surface area contributed by atoms with E-state index in [4.69, 9.17) is 0 Å². The van der Waals surface area contributed by atoms with Crippen molar-refractivity contribution in [2.45, 2.75) is 6.92 Å². The van der Waals surface area contributed by atoms with Gasteiger partial charge in [0.05, 0.1) is 12.7 Å². The molecule has 0 N–H and O–H groups in total. The molecule has 0 saturated heterocycles. The predicted octanol–water partition coefficient (Wildman–Crippen LogP) is 2.32. The summed E-state index contributed by atoms with van der Waals surface area (Å²) in [6.07, 6.45) is 1.76. The van der Waals surface area contributed by atoms with Crippen LogP contribution in [0, 0.1) is 0 Å². The molecule has 0 radical (unpaired) electrons. The van der Waals surface area contributed by atoms with Gasteiger partial charge >= 0.3 is 5.97 Å². The van der Waals surface area contributed by atoms with Crippen LogP contribution in [0.15, 0.2) is 23.6 Å². The maximum atomic E-state index is 11.2. The van der Waals surface area contributed by atoms with Gasteiger partial charge in [-0.15, -0.1) is 11.3 Å². The zero-order valence-electron chi connectivity index (χ0n) is 7.03. The number of carbonyl (C=O) groups excluding carboxylic acids is 1. The third-order valence-corrected chi connectivity index (χ3v) is 2.38. The minimum Gasteiger partial charge on any atom is -0.465 e. The number of esters is 1. The fourth-order valence-corrected chi connectivity index (χ4v) is 1.69. The van der Waals surface area contributed by atoms with Gasteiger partial charge in [-0.05, 0) is 18.4 Å². The van der Waals surface area contributed by atoms with Gasteiger partial charge in [0, 0.05) is 4.88 Å². The van der Waals surface area contributed by atoms with Crippen molar-refractivity contribution in [1.82, 2.24) is 0 Å². The Morgan fingerprint density at radius 2 is 2.42 bits per heavy atom. The molecule has 0 unspecified atom stereocenters. The molecular formula is C9H10O2S. The van der Waals surface area contributed by atoms with Crippen molar-refractivity contribution in [2.75, 3.05) is 7.11 Å². The van der Waals surface area contributed by atoms with E-state index in [1.807, 2.05) is 24.4 Å². The fourth-order valence-electron chi connectivity index (χ4n) is 0.902. The van der Waals surface area contributed by atoms with Crippen LogP contribution in [0.4, 0.5) is 0 Å². The first-order chi connectivity index (χ1) is 5.79. The average molecular weight is 182 g/mol. The number of carbonyl (C=O) groups is 1. The first-order valence-electron chi connectivity index (χ1n) is 3.58. The van der Waals surface area contributed by atoms with Crippen LogP contribution in [0.25, 0.3) is 5.57 Å². The maximum absolute atomic E-state index is 11.2. The quantitative estimate of drug-likeness (QED) is 0.518. The first-order valence-corrected chi connectivity index (χ1v) is 4.46. The molecule has 1 aromatic heterocycles. The third-order valence-electron chi connectivity index (χ3n) is 1.48. The van der Waals surface area contributed by atoms with Gasteiger partial charge in [-0.3, -0.25) is 0 Å². The Balaban J connectivity index is 2.93. The molecule has 0 atom stereocenters. The fraction of sp³-hybridized carbons (Fsp3) is 0.222. The van der Waals surface area contributed by atoms with Crippen LogP contribution in [-0.2, 0) is 9.53 Å². The molecule has 0 aromatic carbocycles. The third kappa shape index (κ3) is 1.74. The van der Waals surface area contributed by atoms with Crippen molar-refractivity contribution < 1.29 is 9.53 Å². The Labute approximate surface area is 75.5 Å². The minimum absolute atomic E-state index is 0.278. The lowest BCUT2D eigenvalue weighted by Gasteiger charge is -2.00. The molecule has 1 rings (SSSR count). The van der Waals surface area contributed by atoms with Gasteiger partial charge in [0.1, 0.15) is 0 Å². The first kappa shape index (κ1) is 9.00. The second kappa shape index (κ2) is 4.07. The largest absolute Gasteiger partial charge is 0.465 e. The highest BCUT2D eigenvalue weighted by Gasteiger charge is 2.10. The molecule has 64 valence electrons. The van der Waals surface area contributed by atoms with Gasteiger partial charge in [-0.25, -0.2) is 4.79 Å². The summed E-state index contributed by atoms with van der Waals surface area (Å²) in [5.74, 6) is -0.278. The average Bonchev–Trinajstić information content (AvgIpc) is 2.58. The Hall–Kier alpha value is -1.09. The Morgan fingerprint density at radius 1 is 1.67 bits per heavy atom. The standard InChI is InChI=1S/C9H10O2S/c1-3-7(9(10)11-2)8-5-4-6-12-8/h3-6H,1-2H3. The SMILES string of the molecule is CC=C(C(=O)OC)c1cccs1. The van der Waals surface area contributed by atoms with Gasteiger partial charge in [0.2, 0.25) is 0 Å². The second-order valence-corrected chi connectivity index (χ2v) is 3.12. The summed E-state index contributed by atoms with van der Waals surface area (Å²) in [6, 6.07) is 3.81. The van der Waals surface area contributed by atoms with Crippen LogP contribution in [-0.4, -0.2) is 13.1 Å². The van der Waals surface area contributed by atoms with Crippen molar-refractivity contribution in [2.24, 2.45) is 0 Å². The van der Waals surface area contributed by atoms with E-state index in [1.165, 1.54) is 18.4 Å². The Kier molecular flexibility index (Phi) is 3.05. The summed E-state index contributed by atoms with van der Waals surface area (Å²) >= 11 is 1.53. The highest BCUT2D eigenvalue weighted by atomic mass is 32.1. The van der Waals surface area contributed by atoms with E-state index in [9.17, 15) is 4.79 Å². The van der Waals surface area contributed by atoms with Crippen LogP contribution < -0.4 is 0 Å². The molecule has 0 aliphatic rings. The molecule has 2 nitrogen and oxygen atoms in total. The van der Waals surface area contributed by atoms with Gasteiger partial charge in [-0.1, -0.05) is 12.1 Å². The molecule has 0 bridgehead atoms. The normalized spacial score (nSPS) is 11.3. The van der Waals surface area contributed by atoms with Crippen LogP contribution in [0.3, 0.4) is 0 Å². The minimum atomic E-state index is -0.278. The molecule has 3 heteroatoms. The molecular weight excluding hydrogens is 172 g/mol. The summed E-state index contributed by atoms with van der Waals surface area (Å²) in [4.78, 5) is 12.1. The second-order valence-electron chi connectivity index (χ2n) is 2.17. The summed E-state index contributed by atoms with van der Waals surface area (Å²) in [7, 11) is 1.39. The van der Waals surface area contributed by atoms with Crippen LogP contribution in [0.2, 0.25) is 0 Å². The monoisotopic (exact) mass is 182 g/mol. The predicted molar refractivity (Wildman–Crippen MR) is 50.0 cm³/mol. The van der Waals surface area contributed by atoms with E-state index in [1.54, 1.807) is 6.08 Å². The molecule has 1 heterocycles. The van der Waals surface area contributed by atoms with E-state index >= 15 is 0 Å². The number of allylic oxidation sites excluding steroid dienone is 1. The van der Waals surface area contributed by atoms with Crippen LogP contribution in [0.1, 0.15) is 11.8 Å². The molecule has 0 fully saturated rings. The van der Waals surface area contributed by atoms with Gasteiger partial charge in [0.15, 0.2) is 0 Å². The highest BCUT2D eigenvalue weighted by molar-refractivity contribution is 7.11. The molecule has 0 saturated carbocycles. The van der Waals surface area contributed by atoms with E-state index < -0.39 is 0 Å². The number of ether oxygens (including phenoxy) is 1. The van der Waals surface area contributed by atoms with Crippen LogP contribution in [0.5, 0.6) is 0 Å². The number of hydrogen-bond donors (Lipinski definition) is 0. The van der Waals surface area contributed by atoms with Crippen molar-refractivity contribution in [3.05, 3.63) is 28.5 Å². The summed E-state index contributed by atoms with van der Waals surface area (Å²) < 4.78 is 4.63. The van der Waals surface area contributed by atoms with Crippen LogP contribution >= 0.6 is 11.3 Å². The lowest BCUT2D eigenvalue weighted by Crippen LogP contribution is -2.01. The summed E-state index contributed by atoms with van der Waals surface area (Å²) in [5, 5.41) is 1.93. The topological polar surface area (TPSA) is 26.3 Å². The van der Waals surface area contributed by atoms with E-state index in [-0.39, 0.29) is 5.97 Å². The Morgan fingerprint density at radius 3 is 2.83 bits per heavy atom. The van der Waals surface area contributed by atoms with Gasteiger partial charge in [0.25, 0.3) is 0 Å². The molecule has 12 heavy (non-hydrogen) atoms. The maximum Gasteiger partial charge on any atom is 0.338 e. The number of hydrogen-bond acceptors (Lipinski definition) is 3. The van der Waals surface area contributed by atoms with E-state index in [2.05, 4.69) is 4.74 Å². The lowest BCUT2D eigenvalue weighted by molar-refractivity contribution is -0.133. The summed E-state index contributed by atoms with van der Waals surface area (Å²) in [6.45, 7) is 1.83. The molecule has 0 amide bonds. The zero-order chi connectivity index (χ0) is 8.97. The van der Waals surface area contributed by atoms with Gasteiger partial charge < -0.3 is 4.74 Å². The molecule has 0 spiro atoms. The van der Waals surface area contributed by atoms with E-state index in [0.29, 0.717) is 5.57 Å². The van der Waals surface area contributed by atoms with E-state index in [0.717, 1.165) is 4.88 Å². The molecule has 0 aliphatic carbocycles. The zero-order valence-corrected chi connectivity index (χ0v) is 7.85. The van der Waals surface area contributed by atoms with Crippen molar-refractivity contribution in [1.29, 1.82) is 0 Å². The van der Waals surface area contributed by atoms with Gasteiger partial charge in [-0.2, -0.15) is 0 Å². The van der Waals surface area contributed by atoms with Crippen molar-refractivity contribution in [3.63, 3.8) is 0 Å². The van der Waals surface area contributed by atoms with Crippen molar-refractivity contribution in [3.8, 4) is 0 Å².